The van der Waals surface area contributed by atoms with Gasteiger partial charge in [-0.2, -0.15) is 0 Å². The molecule has 0 atom stereocenters. The van der Waals surface area contributed by atoms with Crippen molar-refractivity contribution in [3.8, 4) is 0 Å². The van der Waals surface area contributed by atoms with Gasteiger partial charge in [0.1, 0.15) is 0 Å². The molecule has 1 aliphatic carbocycles. The van der Waals surface area contributed by atoms with Crippen LogP contribution in [0.5, 0.6) is 0 Å². The highest BCUT2D eigenvalue weighted by molar-refractivity contribution is 5.76. The van der Waals surface area contributed by atoms with Crippen molar-refractivity contribution in [2.24, 2.45) is 5.41 Å². The third-order valence-corrected chi connectivity index (χ3v) is 5.46. The minimum Gasteiger partial charge on any atom is -0.481 e. The average molecular weight is 353 g/mol. The Morgan fingerprint density at radius 2 is 1.54 bits per heavy atom. The molecule has 0 bridgehead atoms. The molecular weight excluding hydrogens is 326 g/mol. The third-order valence-electron chi connectivity index (χ3n) is 5.46. The van der Waals surface area contributed by atoms with Gasteiger partial charge in [0.15, 0.2) is 0 Å². The van der Waals surface area contributed by atoms with E-state index in [4.69, 9.17) is 4.74 Å². The Morgan fingerprint density at radius 1 is 1.04 bits per heavy atom. The molecule has 1 saturated carbocycles. The molecular formula is C22H27NO3. The molecule has 0 spiro atoms. The second kappa shape index (κ2) is 8.47. The lowest BCUT2D eigenvalue weighted by atomic mass is 9.63. The number of carbonyl (C=O) groups is 1. The first-order valence-corrected chi connectivity index (χ1v) is 9.17. The van der Waals surface area contributed by atoms with Gasteiger partial charge in [-0.3, -0.25) is 9.69 Å². The Kier molecular flexibility index (Phi) is 6.07. The van der Waals surface area contributed by atoms with Crippen LogP contribution in [-0.2, 0) is 22.6 Å². The first kappa shape index (κ1) is 18.6. The minimum atomic E-state index is -0.690. The van der Waals surface area contributed by atoms with Crippen molar-refractivity contribution in [1.82, 2.24) is 4.90 Å². The molecule has 26 heavy (non-hydrogen) atoms. The maximum Gasteiger partial charge on any atom is 0.309 e. The molecule has 4 nitrogen and oxygen atoms in total. The minimum absolute atomic E-state index is 0.281. The highest BCUT2D eigenvalue weighted by atomic mass is 16.5. The van der Waals surface area contributed by atoms with Crippen molar-refractivity contribution in [3.63, 3.8) is 0 Å². The fraction of sp³-hybridized carbons (Fsp3) is 0.409. The fourth-order valence-electron chi connectivity index (χ4n) is 3.83. The standard InChI is InChI=1S/C22H27NO3/c1-26-13-12-22(21(24)25)14-20(15-22)23(16-18-8-4-2-5-9-18)17-19-10-6-3-7-11-19/h2-11,20H,12-17H2,1H3,(H,24,25). The molecule has 3 rings (SSSR count). The molecule has 1 fully saturated rings. The molecule has 0 amide bonds. The van der Waals surface area contributed by atoms with Gasteiger partial charge in [0.25, 0.3) is 0 Å². The Labute approximate surface area is 155 Å². The molecule has 0 heterocycles. The Morgan fingerprint density at radius 3 is 1.96 bits per heavy atom. The van der Waals surface area contributed by atoms with E-state index in [-0.39, 0.29) is 6.04 Å². The zero-order chi connectivity index (χ0) is 18.4. The predicted molar refractivity (Wildman–Crippen MR) is 102 cm³/mol. The van der Waals surface area contributed by atoms with Gasteiger partial charge in [-0.15, -0.1) is 0 Å². The van der Waals surface area contributed by atoms with E-state index in [2.05, 4.69) is 53.4 Å². The van der Waals surface area contributed by atoms with Crippen molar-refractivity contribution in [2.45, 2.75) is 38.4 Å². The summed E-state index contributed by atoms with van der Waals surface area (Å²) < 4.78 is 5.13. The van der Waals surface area contributed by atoms with Crippen LogP contribution >= 0.6 is 0 Å². The van der Waals surface area contributed by atoms with Gasteiger partial charge >= 0.3 is 5.97 Å². The Balaban J connectivity index is 1.72. The van der Waals surface area contributed by atoms with Crippen LogP contribution in [-0.4, -0.2) is 35.7 Å². The van der Waals surface area contributed by atoms with Crippen LogP contribution in [0.25, 0.3) is 0 Å². The van der Waals surface area contributed by atoms with Crippen LogP contribution in [0, 0.1) is 5.41 Å². The summed E-state index contributed by atoms with van der Waals surface area (Å²) in [6.07, 6.45) is 1.95. The van der Waals surface area contributed by atoms with Gasteiger partial charge in [-0.25, -0.2) is 0 Å². The maximum atomic E-state index is 11.8. The summed E-state index contributed by atoms with van der Waals surface area (Å²) in [7, 11) is 1.63. The number of methoxy groups -OCH3 is 1. The van der Waals surface area contributed by atoms with Crippen LogP contribution < -0.4 is 0 Å². The maximum absolute atomic E-state index is 11.8. The number of aliphatic carboxylic acids is 1. The lowest BCUT2D eigenvalue weighted by Gasteiger charge is -2.49. The van der Waals surface area contributed by atoms with Gasteiger partial charge < -0.3 is 9.84 Å². The summed E-state index contributed by atoms with van der Waals surface area (Å²) in [4.78, 5) is 14.2. The topological polar surface area (TPSA) is 49.8 Å². The summed E-state index contributed by atoms with van der Waals surface area (Å²) in [5.74, 6) is -0.690. The number of rotatable bonds is 9. The summed E-state index contributed by atoms with van der Waals surface area (Å²) in [5.41, 5.74) is 1.88. The molecule has 2 aromatic carbocycles. The van der Waals surface area contributed by atoms with Crippen molar-refractivity contribution in [3.05, 3.63) is 71.8 Å². The van der Waals surface area contributed by atoms with Crippen LogP contribution in [0.1, 0.15) is 30.4 Å². The first-order valence-electron chi connectivity index (χ1n) is 9.17. The molecule has 0 radical (unpaired) electrons. The summed E-state index contributed by atoms with van der Waals surface area (Å²) in [6.45, 7) is 2.16. The fourth-order valence-corrected chi connectivity index (χ4v) is 3.83. The first-order chi connectivity index (χ1) is 12.6. The van der Waals surface area contributed by atoms with E-state index in [0.717, 1.165) is 13.1 Å². The number of ether oxygens (including phenoxy) is 1. The highest BCUT2D eigenvalue weighted by Crippen LogP contribution is 2.47. The monoisotopic (exact) mass is 353 g/mol. The van der Waals surface area contributed by atoms with Crippen LogP contribution in [0.3, 0.4) is 0 Å². The number of hydrogen-bond donors (Lipinski definition) is 1. The van der Waals surface area contributed by atoms with Crippen molar-refractivity contribution in [2.75, 3.05) is 13.7 Å². The van der Waals surface area contributed by atoms with E-state index in [0.29, 0.717) is 25.9 Å². The number of nitrogens with zero attached hydrogens (tertiary/aromatic N) is 1. The smallest absolute Gasteiger partial charge is 0.309 e. The summed E-state index contributed by atoms with van der Waals surface area (Å²) >= 11 is 0. The van der Waals surface area contributed by atoms with E-state index < -0.39 is 11.4 Å². The van der Waals surface area contributed by atoms with Gasteiger partial charge in [0.05, 0.1) is 5.41 Å². The second-order valence-electron chi connectivity index (χ2n) is 7.27. The van der Waals surface area contributed by atoms with Crippen molar-refractivity contribution in [1.29, 1.82) is 0 Å². The molecule has 0 aromatic heterocycles. The average Bonchev–Trinajstić information content (AvgIpc) is 2.62. The van der Waals surface area contributed by atoms with Gasteiger partial charge in [-0.05, 0) is 30.4 Å². The van der Waals surface area contributed by atoms with E-state index >= 15 is 0 Å². The zero-order valence-corrected chi connectivity index (χ0v) is 15.3. The second-order valence-corrected chi connectivity index (χ2v) is 7.27. The Hall–Kier alpha value is -2.17. The molecule has 0 unspecified atom stereocenters. The molecule has 4 heteroatoms. The Bertz CT molecular complexity index is 654. The summed E-state index contributed by atoms with van der Waals surface area (Å²) in [5, 5.41) is 9.72. The quantitative estimate of drug-likeness (QED) is 0.741. The molecule has 0 aliphatic heterocycles. The number of carboxylic acids is 1. The zero-order valence-electron chi connectivity index (χ0n) is 15.3. The predicted octanol–water partition coefficient (Wildman–Crippen LogP) is 3.96. The van der Waals surface area contributed by atoms with Crippen LogP contribution in [0.2, 0.25) is 0 Å². The van der Waals surface area contributed by atoms with Gasteiger partial charge in [0, 0.05) is 32.8 Å². The largest absolute Gasteiger partial charge is 0.481 e. The third kappa shape index (κ3) is 4.32. The normalized spacial score (nSPS) is 22.2. The van der Waals surface area contributed by atoms with Crippen LogP contribution in [0.15, 0.2) is 60.7 Å². The van der Waals surface area contributed by atoms with Crippen molar-refractivity contribution >= 4 is 5.97 Å². The molecule has 1 aliphatic rings. The number of hydrogen-bond acceptors (Lipinski definition) is 3. The molecule has 1 N–H and O–H groups in total. The lowest BCUT2D eigenvalue weighted by Crippen LogP contribution is -2.54. The number of carboxylic acid groups (broad SMARTS) is 1. The van der Waals surface area contributed by atoms with E-state index in [9.17, 15) is 9.90 Å². The summed E-state index contributed by atoms with van der Waals surface area (Å²) in [6, 6.07) is 21.1. The van der Waals surface area contributed by atoms with Crippen LogP contribution in [0.4, 0.5) is 0 Å². The van der Waals surface area contributed by atoms with Gasteiger partial charge in [0.2, 0.25) is 0 Å². The van der Waals surface area contributed by atoms with E-state index in [1.807, 2.05) is 12.1 Å². The number of benzene rings is 2. The van der Waals surface area contributed by atoms with Crippen molar-refractivity contribution < 1.29 is 14.6 Å². The van der Waals surface area contributed by atoms with E-state index in [1.54, 1.807) is 7.11 Å². The lowest BCUT2D eigenvalue weighted by molar-refractivity contribution is -0.162. The molecule has 138 valence electrons. The molecule has 2 aromatic rings. The molecule has 0 saturated heterocycles. The highest BCUT2D eigenvalue weighted by Gasteiger charge is 2.51. The van der Waals surface area contributed by atoms with E-state index in [1.165, 1.54) is 11.1 Å². The van der Waals surface area contributed by atoms with Gasteiger partial charge in [-0.1, -0.05) is 60.7 Å². The SMILES string of the molecule is COCCC1(C(=O)O)CC(N(Cc2ccccc2)Cc2ccccc2)C1.